The highest BCUT2D eigenvalue weighted by Crippen LogP contribution is 2.30. The molecular weight excluding hydrogens is 322 g/mol. The van der Waals surface area contributed by atoms with Gasteiger partial charge in [0.1, 0.15) is 0 Å². The van der Waals surface area contributed by atoms with Crippen LogP contribution in [0, 0.1) is 5.92 Å². The second-order valence-electron chi connectivity index (χ2n) is 5.63. The van der Waals surface area contributed by atoms with Crippen LogP contribution >= 0.6 is 27.5 Å². The molecule has 106 valence electrons. The fourth-order valence-electron chi connectivity index (χ4n) is 3.04. The van der Waals surface area contributed by atoms with Crippen molar-refractivity contribution in [2.24, 2.45) is 5.92 Å². The second kappa shape index (κ2) is 7.54. The molecule has 3 heteroatoms. The first-order valence-corrected chi connectivity index (χ1v) is 8.57. The highest BCUT2D eigenvalue weighted by atomic mass is 79.9. The Morgan fingerprint density at radius 2 is 2.11 bits per heavy atom. The lowest BCUT2D eigenvalue weighted by Gasteiger charge is -2.18. The summed E-state index contributed by atoms with van der Waals surface area (Å²) in [5, 5.41) is 4.44. The van der Waals surface area contributed by atoms with E-state index in [1.165, 1.54) is 50.6 Å². The van der Waals surface area contributed by atoms with E-state index < -0.39 is 0 Å². The Hall–Kier alpha value is -0.210. The first-order valence-electron chi connectivity index (χ1n) is 7.40. The summed E-state index contributed by atoms with van der Waals surface area (Å²) in [4.78, 5) is 0. The molecule has 0 radical (unpaired) electrons. The highest BCUT2D eigenvalue weighted by Gasteiger charge is 2.18. The third-order valence-corrected chi connectivity index (χ3v) is 5.29. The first kappa shape index (κ1) is 15.2. The van der Waals surface area contributed by atoms with Gasteiger partial charge in [-0.3, -0.25) is 0 Å². The predicted molar refractivity (Wildman–Crippen MR) is 88.0 cm³/mol. The van der Waals surface area contributed by atoms with Crippen molar-refractivity contribution in [3.63, 3.8) is 0 Å². The number of benzene rings is 1. The minimum absolute atomic E-state index is 0.620. The maximum Gasteiger partial charge on any atom is 0.0549 e. The minimum Gasteiger partial charge on any atom is -0.382 e. The van der Waals surface area contributed by atoms with Crippen molar-refractivity contribution in [2.75, 3.05) is 5.32 Å². The van der Waals surface area contributed by atoms with E-state index >= 15 is 0 Å². The minimum atomic E-state index is 0.620. The van der Waals surface area contributed by atoms with Crippen LogP contribution in [0.4, 0.5) is 5.69 Å². The molecule has 0 bridgehead atoms. The maximum absolute atomic E-state index is 6.03. The van der Waals surface area contributed by atoms with E-state index in [-0.39, 0.29) is 0 Å². The molecule has 0 spiro atoms. The molecule has 2 unspecified atom stereocenters. The van der Waals surface area contributed by atoms with Crippen molar-refractivity contribution in [3.05, 3.63) is 27.7 Å². The van der Waals surface area contributed by atoms with E-state index in [1.807, 2.05) is 6.07 Å². The summed E-state index contributed by atoms with van der Waals surface area (Å²) in [6.07, 6.45) is 9.46. The van der Waals surface area contributed by atoms with Crippen LogP contribution in [0.3, 0.4) is 0 Å². The van der Waals surface area contributed by atoms with E-state index in [0.29, 0.717) is 6.04 Å². The average Bonchev–Trinajstić information content (AvgIpc) is 2.60. The molecule has 1 aliphatic rings. The third-order valence-electron chi connectivity index (χ3n) is 4.08. The number of halogens is 2. The van der Waals surface area contributed by atoms with E-state index in [9.17, 15) is 0 Å². The monoisotopic (exact) mass is 343 g/mol. The van der Waals surface area contributed by atoms with Crippen LogP contribution < -0.4 is 5.32 Å². The Balaban J connectivity index is 1.90. The molecule has 2 rings (SSSR count). The smallest absolute Gasteiger partial charge is 0.0549 e. The molecular formula is C16H23BrClN. The van der Waals surface area contributed by atoms with Crippen LogP contribution in [0.2, 0.25) is 5.02 Å². The first-order chi connectivity index (χ1) is 9.19. The predicted octanol–water partition coefficient (Wildman–Crippen LogP) is 6.26. The van der Waals surface area contributed by atoms with Crippen molar-refractivity contribution >= 4 is 33.2 Å². The van der Waals surface area contributed by atoms with Crippen molar-refractivity contribution in [1.82, 2.24) is 0 Å². The van der Waals surface area contributed by atoms with E-state index in [1.54, 1.807) is 0 Å². The number of anilines is 1. The quantitative estimate of drug-likeness (QED) is 0.635. The number of rotatable bonds is 4. The summed E-state index contributed by atoms with van der Waals surface area (Å²) in [7, 11) is 0. The van der Waals surface area contributed by atoms with Crippen molar-refractivity contribution < 1.29 is 0 Å². The molecule has 1 aliphatic carbocycles. The summed E-state index contributed by atoms with van der Waals surface area (Å²) >= 11 is 9.51. The highest BCUT2D eigenvalue weighted by molar-refractivity contribution is 9.10. The lowest BCUT2D eigenvalue weighted by Crippen LogP contribution is -2.18. The zero-order valence-corrected chi connectivity index (χ0v) is 13.9. The zero-order chi connectivity index (χ0) is 13.7. The standard InChI is InChI=1S/C16H23BrClN/c1-2-4-12-5-3-6-13(8-7-12)19-14-9-10-16(18)15(17)11-14/h9-13,19H,2-8H2,1H3. The molecule has 0 aromatic heterocycles. The molecule has 1 fully saturated rings. The van der Waals surface area contributed by atoms with Crippen LogP contribution in [0.25, 0.3) is 0 Å². The lowest BCUT2D eigenvalue weighted by molar-refractivity contribution is 0.422. The summed E-state index contributed by atoms with van der Waals surface area (Å²) in [6, 6.07) is 6.72. The molecule has 0 heterocycles. The number of hydrogen-bond acceptors (Lipinski definition) is 1. The molecule has 1 aromatic rings. The van der Waals surface area contributed by atoms with Gasteiger partial charge in [-0.25, -0.2) is 0 Å². The topological polar surface area (TPSA) is 12.0 Å². The van der Waals surface area contributed by atoms with Gasteiger partial charge in [-0.05, 0) is 59.3 Å². The van der Waals surface area contributed by atoms with E-state index in [0.717, 1.165) is 15.4 Å². The summed E-state index contributed by atoms with van der Waals surface area (Å²) < 4.78 is 0.969. The van der Waals surface area contributed by atoms with Gasteiger partial charge >= 0.3 is 0 Å². The molecule has 1 aromatic carbocycles. The summed E-state index contributed by atoms with van der Waals surface area (Å²) in [5.74, 6) is 0.953. The molecule has 2 atom stereocenters. The fourth-order valence-corrected chi connectivity index (χ4v) is 3.54. The van der Waals surface area contributed by atoms with Gasteiger partial charge < -0.3 is 5.32 Å². The SMILES string of the molecule is CCCC1CCCC(Nc2ccc(Cl)c(Br)c2)CC1. The Bertz CT molecular complexity index is 408. The Kier molecular flexibility index (Phi) is 6.03. The fraction of sp³-hybridized carbons (Fsp3) is 0.625. The van der Waals surface area contributed by atoms with Crippen molar-refractivity contribution in [3.8, 4) is 0 Å². The Morgan fingerprint density at radius 3 is 2.84 bits per heavy atom. The molecule has 1 saturated carbocycles. The van der Waals surface area contributed by atoms with Gasteiger partial charge in [-0.1, -0.05) is 44.2 Å². The molecule has 0 amide bonds. The molecule has 0 saturated heterocycles. The van der Waals surface area contributed by atoms with Gasteiger partial charge in [0.05, 0.1) is 5.02 Å². The van der Waals surface area contributed by atoms with Gasteiger partial charge in [-0.15, -0.1) is 0 Å². The zero-order valence-electron chi connectivity index (χ0n) is 11.6. The third kappa shape index (κ3) is 4.68. The van der Waals surface area contributed by atoms with Gasteiger partial charge in [0, 0.05) is 16.2 Å². The van der Waals surface area contributed by atoms with Crippen LogP contribution in [0.1, 0.15) is 51.9 Å². The van der Waals surface area contributed by atoms with Gasteiger partial charge in [0.15, 0.2) is 0 Å². The van der Waals surface area contributed by atoms with Crippen LogP contribution in [-0.2, 0) is 0 Å². The maximum atomic E-state index is 6.03. The van der Waals surface area contributed by atoms with E-state index in [4.69, 9.17) is 11.6 Å². The molecule has 19 heavy (non-hydrogen) atoms. The average molecular weight is 345 g/mol. The van der Waals surface area contributed by atoms with Crippen molar-refractivity contribution in [1.29, 1.82) is 0 Å². The van der Waals surface area contributed by atoms with Crippen LogP contribution in [0.5, 0.6) is 0 Å². The second-order valence-corrected chi connectivity index (χ2v) is 6.89. The van der Waals surface area contributed by atoms with Crippen molar-refractivity contribution in [2.45, 2.75) is 57.9 Å². The number of hydrogen-bond donors (Lipinski definition) is 1. The Morgan fingerprint density at radius 1 is 1.26 bits per heavy atom. The molecule has 1 N–H and O–H groups in total. The number of nitrogens with one attached hydrogen (secondary N) is 1. The van der Waals surface area contributed by atoms with Gasteiger partial charge in [0.2, 0.25) is 0 Å². The Labute approximate surface area is 130 Å². The largest absolute Gasteiger partial charge is 0.382 e. The molecule has 1 nitrogen and oxygen atoms in total. The van der Waals surface area contributed by atoms with Crippen LogP contribution in [-0.4, -0.2) is 6.04 Å². The van der Waals surface area contributed by atoms with Gasteiger partial charge in [-0.2, -0.15) is 0 Å². The lowest BCUT2D eigenvalue weighted by atomic mass is 9.95. The van der Waals surface area contributed by atoms with Gasteiger partial charge in [0.25, 0.3) is 0 Å². The normalized spacial score (nSPS) is 23.9. The molecule has 0 aliphatic heterocycles. The van der Waals surface area contributed by atoms with E-state index in [2.05, 4.69) is 40.3 Å². The summed E-state index contributed by atoms with van der Waals surface area (Å²) in [6.45, 7) is 2.30. The summed E-state index contributed by atoms with van der Waals surface area (Å²) in [5.41, 5.74) is 1.18. The van der Waals surface area contributed by atoms with Crippen LogP contribution in [0.15, 0.2) is 22.7 Å².